The number of aromatic amines is 1. The molecular formula is C25H29N3O3S2. The zero-order valence-corrected chi connectivity index (χ0v) is 20.4. The number of carbonyl (C=O) groups is 1. The lowest BCUT2D eigenvalue weighted by atomic mass is 10.1. The molecule has 3 aromatic rings. The van der Waals surface area contributed by atoms with Gasteiger partial charge in [-0.15, -0.1) is 0 Å². The van der Waals surface area contributed by atoms with Crippen molar-refractivity contribution in [1.29, 1.82) is 0 Å². The Morgan fingerprint density at radius 2 is 1.76 bits per heavy atom. The van der Waals surface area contributed by atoms with Crippen molar-refractivity contribution in [2.24, 2.45) is 0 Å². The average molecular weight is 484 g/mol. The van der Waals surface area contributed by atoms with Gasteiger partial charge in [0.25, 0.3) is 0 Å². The van der Waals surface area contributed by atoms with Gasteiger partial charge in [-0.2, -0.15) is 0 Å². The number of nitrogens with zero attached hydrogens (tertiary/aromatic N) is 2. The number of nitrogens with one attached hydrogen (secondary N) is 1. The fraction of sp³-hybridized carbons (Fsp3) is 0.360. The molecular weight excluding hydrogens is 454 g/mol. The lowest BCUT2D eigenvalue weighted by Gasteiger charge is -2.28. The number of thioether (sulfide) groups is 1. The molecule has 0 spiro atoms. The quantitative estimate of drug-likeness (QED) is 0.448. The largest absolute Gasteiger partial charge is 0.338 e. The molecule has 0 saturated carbocycles. The van der Waals surface area contributed by atoms with Crippen LogP contribution in [-0.4, -0.2) is 59.0 Å². The summed E-state index contributed by atoms with van der Waals surface area (Å²) in [6.07, 6.45) is 2.35. The van der Waals surface area contributed by atoms with Crippen molar-refractivity contribution in [3.05, 3.63) is 60.7 Å². The predicted octanol–water partition coefficient (Wildman–Crippen LogP) is 4.65. The molecule has 0 bridgehead atoms. The molecule has 2 heterocycles. The third-order valence-electron chi connectivity index (χ3n) is 5.85. The third kappa shape index (κ3) is 5.86. The van der Waals surface area contributed by atoms with Crippen molar-refractivity contribution in [2.45, 2.75) is 37.4 Å². The lowest BCUT2D eigenvalue weighted by Crippen LogP contribution is -2.42. The molecule has 1 amide bonds. The van der Waals surface area contributed by atoms with E-state index in [1.54, 1.807) is 4.90 Å². The minimum Gasteiger partial charge on any atom is -0.338 e. The van der Waals surface area contributed by atoms with Crippen LogP contribution in [0.15, 0.2) is 65.8 Å². The Hall–Kier alpha value is -2.58. The summed E-state index contributed by atoms with van der Waals surface area (Å²) in [5.41, 5.74) is 3.80. The van der Waals surface area contributed by atoms with E-state index in [4.69, 9.17) is 4.98 Å². The molecule has 0 radical (unpaired) electrons. The van der Waals surface area contributed by atoms with Gasteiger partial charge in [0.2, 0.25) is 5.91 Å². The standard InChI is InChI=1S/C25H29N3O3S2/c1-2-3-15-28(21-14-16-33(30,31)18-21)22(29)17-32-25-26-23(19-10-6-4-7-11-19)24(27-25)20-12-8-5-9-13-20/h4-13,21H,2-3,14-18H2,1H3,(H,26,27)/t21-/m0/s1. The highest BCUT2D eigenvalue weighted by molar-refractivity contribution is 7.99. The van der Waals surface area contributed by atoms with E-state index in [2.05, 4.69) is 11.9 Å². The maximum absolute atomic E-state index is 13.1. The number of benzene rings is 2. The van der Waals surface area contributed by atoms with E-state index in [0.717, 1.165) is 35.4 Å². The molecule has 8 heteroatoms. The van der Waals surface area contributed by atoms with Crippen LogP contribution in [0.5, 0.6) is 0 Å². The van der Waals surface area contributed by atoms with Crippen molar-refractivity contribution in [3.8, 4) is 22.5 Å². The number of aromatic nitrogens is 2. The van der Waals surface area contributed by atoms with Crippen molar-refractivity contribution in [3.63, 3.8) is 0 Å². The first-order valence-electron chi connectivity index (χ1n) is 11.3. The molecule has 1 fully saturated rings. The number of rotatable bonds is 9. The Kier molecular flexibility index (Phi) is 7.55. The van der Waals surface area contributed by atoms with Gasteiger partial charge in [0.05, 0.1) is 28.6 Å². The minimum absolute atomic E-state index is 0.0329. The Morgan fingerprint density at radius 1 is 1.09 bits per heavy atom. The molecule has 2 aromatic carbocycles. The summed E-state index contributed by atoms with van der Waals surface area (Å²) >= 11 is 1.37. The summed E-state index contributed by atoms with van der Waals surface area (Å²) in [5, 5.41) is 0.676. The normalized spacial score (nSPS) is 17.2. The molecule has 4 rings (SSSR count). The fourth-order valence-corrected chi connectivity index (χ4v) is 6.60. The van der Waals surface area contributed by atoms with Crippen LogP contribution in [0, 0.1) is 0 Å². The molecule has 1 aromatic heterocycles. The number of imidazole rings is 1. The second kappa shape index (κ2) is 10.6. The zero-order chi connectivity index (χ0) is 23.3. The minimum atomic E-state index is -3.05. The first kappa shape index (κ1) is 23.6. The highest BCUT2D eigenvalue weighted by atomic mass is 32.2. The number of amides is 1. The fourth-order valence-electron chi connectivity index (χ4n) is 4.11. The Balaban J connectivity index is 1.53. The molecule has 6 nitrogen and oxygen atoms in total. The molecule has 0 aliphatic carbocycles. The summed E-state index contributed by atoms with van der Waals surface area (Å²) in [7, 11) is -3.05. The van der Waals surface area contributed by atoms with Gasteiger partial charge < -0.3 is 9.88 Å². The first-order chi connectivity index (χ1) is 16.0. The van der Waals surface area contributed by atoms with E-state index in [-0.39, 0.29) is 29.2 Å². The van der Waals surface area contributed by atoms with Crippen LogP contribution in [0.4, 0.5) is 0 Å². The summed E-state index contributed by atoms with van der Waals surface area (Å²) in [5.74, 6) is 0.426. The number of unbranched alkanes of at least 4 members (excludes halogenated alkanes) is 1. The van der Waals surface area contributed by atoms with Crippen LogP contribution >= 0.6 is 11.8 Å². The van der Waals surface area contributed by atoms with Gasteiger partial charge in [-0.05, 0) is 12.8 Å². The number of hydrogen-bond acceptors (Lipinski definition) is 5. The summed E-state index contributed by atoms with van der Waals surface area (Å²) in [4.78, 5) is 23.1. The van der Waals surface area contributed by atoms with Crippen molar-refractivity contribution in [1.82, 2.24) is 14.9 Å². The molecule has 1 aliphatic heterocycles. The van der Waals surface area contributed by atoms with Crippen LogP contribution in [0.1, 0.15) is 26.2 Å². The summed E-state index contributed by atoms with van der Waals surface area (Å²) < 4.78 is 23.9. The van der Waals surface area contributed by atoms with Crippen molar-refractivity contribution in [2.75, 3.05) is 23.8 Å². The predicted molar refractivity (Wildman–Crippen MR) is 134 cm³/mol. The number of carbonyl (C=O) groups excluding carboxylic acids is 1. The second-order valence-electron chi connectivity index (χ2n) is 8.28. The molecule has 1 atom stereocenters. The summed E-state index contributed by atoms with van der Waals surface area (Å²) in [6.45, 7) is 2.67. The van der Waals surface area contributed by atoms with Crippen LogP contribution in [0.25, 0.3) is 22.5 Å². The van der Waals surface area contributed by atoms with Crippen LogP contribution in [0.3, 0.4) is 0 Å². The molecule has 1 saturated heterocycles. The van der Waals surface area contributed by atoms with Crippen molar-refractivity contribution < 1.29 is 13.2 Å². The number of hydrogen-bond donors (Lipinski definition) is 1. The average Bonchev–Trinajstić information content (AvgIpc) is 3.42. The first-order valence-corrected chi connectivity index (χ1v) is 14.1. The van der Waals surface area contributed by atoms with Gasteiger partial charge in [0.1, 0.15) is 0 Å². The molecule has 1 aliphatic rings. The molecule has 1 N–H and O–H groups in total. The molecule has 0 unspecified atom stereocenters. The van der Waals surface area contributed by atoms with E-state index < -0.39 is 9.84 Å². The summed E-state index contributed by atoms with van der Waals surface area (Å²) in [6, 6.07) is 19.8. The van der Waals surface area contributed by atoms with Gasteiger partial charge >= 0.3 is 0 Å². The maximum atomic E-state index is 13.1. The third-order valence-corrected chi connectivity index (χ3v) is 8.45. The second-order valence-corrected chi connectivity index (χ2v) is 11.5. The van der Waals surface area contributed by atoms with E-state index in [9.17, 15) is 13.2 Å². The topological polar surface area (TPSA) is 83.1 Å². The van der Waals surface area contributed by atoms with Crippen LogP contribution in [0.2, 0.25) is 0 Å². The Morgan fingerprint density at radius 3 is 2.36 bits per heavy atom. The smallest absolute Gasteiger partial charge is 0.233 e. The van der Waals surface area contributed by atoms with Gasteiger partial charge in [0.15, 0.2) is 15.0 Å². The molecule has 174 valence electrons. The van der Waals surface area contributed by atoms with E-state index >= 15 is 0 Å². The molecule has 33 heavy (non-hydrogen) atoms. The monoisotopic (exact) mass is 483 g/mol. The zero-order valence-electron chi connectivity index (χ0n) is 18.7. The van der Waals surface area contributed by atoms with Gasteiger partial charge in [-0.1, -0.05) is 85.8 Å². The Labute approximate surface area is 199 Å². The van der Waals surface area contributed by atoms with Gasteiger partial charge in [-0.3, -0.25) is 4.79 Å². The van der Waals surface area contributed by atoms with E-state index in [1.807, 2.05) is 60.7 Å². The van der Waals surface area contributed by atoms with E-state index in [0.29, 0.717) is 18.1 Å². The maximum Gasteiger partial charge on any atom is 0.233 e. The lowest BCUT2D eigenvalue weighted by molar-refractivity contribution is -0.130. The van der Waals surface area contributed by atoms with Crippen LogP contribution in [-0.2, 0) is 14.6 Å². The van der Waals surface area contributed by atoms with Crippen LogP contribution < -0.4 is 0 Å². The van der Waals surface area contributed by atoms with Gasteiger partial charge in [-0.25, -0.2) is 13.4 Å². The van der Waals surface area contributed by atoms with Crippen molar-refractivity contribution >= 4 is 27.5 Å². The van der Waals surface area contributed by atoms with E-state index in [1.165, 1.54) is 11.8 Å². The van der Waals surface area contributed by atoms with Gasteiger partial charge in [0, 0.05) is 23.7 Å². The number of sulfone groups is 1. The highest BCUT2D eigenvalue weighted by Crippen LogP contribution is 2.32. The SMILES string of the molecule is CCCCN(C(=O)CSc1nc(-c2ccccc2)c(-c2ccccc2)[nH]1)[C@H]1CCS(=O)(=O)C1. The Bertz CT molecular complexity index is 1120. The highest BCUT2D eigenvalue weighted by Gasteiger charge is 2.34. The number of H-pyrrole nitrogens is 1.